The van der Waals surface area contributed by atoms with Crippen LogP contribution in [0.3, 0.4) is 0 Å². The highest BCUT2D eigenvalue weighted by Gasteiger charge is 2.21. The molecule has 6 heteroatoms. The van der Waals surface area contributed by atoms with E-state index in [-0.39, 0.29) is 11.9 Å². The van der Waals surface area contributed by atoms with E-state index < -0.39 is 0 Å². The van der Waals surface area contributed by atoms with Crippen molar-refractivity contribution in [3.05, 3.63) is 69.9 Å². The van der Waals surface area contributed by atoms with Crippen LogP contribution in [0.5, 0.6) is 0 Å². The Bertz CT molecular complexity index is 832. The molecule has 1 aliphatic rings. The van der Waals surface area contributed by atoms with Crippen LogP contribution in [0.15, 0.2) is 49.1 Å². The van der Waals surface area contributed by atoms with Crippen LogP contribution in [0.4, 0.5) is 4.79 Å². The van der Waals surface area contributed by atoms with Crippen molar-refractivity contribution >= 4 is 23.3 Å². The minimum atomic E-state index is -0.334. The zero-order valence-corrected chi connectivity index (χ0v) is 17.1. The second-order valence-electron chi connectivity index (χ2n) is 7.26. The number of carbonyl (C=O) groups is 2. The predicted molar refractivity (Wildman–Crippen MR) is 113 cm³/mol. The van der Waals surface area contributed by atoms with Gasteiger partial charge in [-0.15, -0.1) is 17.9 Å². The number of benzene rings is 1. The highest BCUT2D eigenvalue weighted by molar-refractivity contribution is 7.14. The zero-order valence-electron chi connectivity index (χ0n) is 16.2. The highest BCUT2D eigenvalue weighted by atomic mass is 32.1. The standard InChI is InChI=1S/C22H27N3O2S/c1-3-12-25(13-11-17-7-5-4-6-8-17)22(27)24-23-21(26)20-15-18-14-16(2)9-10-19(18)28-20/h3-8,15-16H,1,9-14H2,2H3,(H,23,26)(H,24,27). The van der Waals surface area contributed by atoms with Crippen molar-refractivity contribution < 1.29 is 9.59 Å². The Balaban J connectivity index is 1.53. The number of thiophene rings is 1. The molecule has 2 N–H and O–H groups in total. The number of hydrazine groups is 1. The SMILES string of the molecule is C=CCN(CCc1ccccc1)C(=O)NNC(=O)c1cc2c(s1)CCC(C)C2. The fourth-order valence-corrected chi connectivity index (χ4v) is 4.51. The van der Waals surface area contributed by atoms with Crippen molar-refractivity contribution in [2.24, 2.45) is 5.92 Å². The summed E-state index contributed by atoms with van der Waals surface area (Å²) in [5, 5.41) is 0. The second kappa shape index (κ2) is 9.55. The van der Waals surface area contributed by atoms with Gasteiger partial charge in [0.05, 0.1) is 4.88 Å². The van der Waals surface area contributed by atoms with Crippen molar-refractivity contribution in [3.8, 4) is 0 Å². The number of nitrogens with one attached hydrogen (secondary N) is 2. The lowest BCUT2D eigenvalue weighted by atomic mass is 9.90. The van der Waals surface area contributed by atoms with Gasteiger partial charge in [0.25, 0.3) is 5.91 Å². The third-order valence-electron chi connectivity index (χ3n) is 4.99. The van der Waals surface area contributed by atoms with Crippen LogP contribution < -0.4 is 10.9 Å². The molecule has 1 unspecified atom stereocenters. The number of aryl methyl sites for hydroxylation is 1. The number of urea groups is 1. The van der Waals surface area contributed by atoms with Crippen LogP contribution in [-0.4, -0.2) is 29.9 Å². The van der Waals surface area contributed by atoms with E-state index in [9.17, 15) is 9.59 Å². The van der Waals surface area contributed by atoms with Crippen molar-refractivity contribution in [2.45, 2.75) is 32.6 Å². The van der Waals surface area contributed by atoms with Gasteiger partial charge in [-0.05, 0) is 48.8 Å². The summed E-state index contributed by atoms with van der Waals surface area (Å²) >= 11 is 1.53. The minimum absolute atomic E-state index is 0.262. The van der Waals surface area contributed by atoms with Crippen LogP contribution in [0.1, 0.15) is 39.0 Å². The number of fused-ring (bicyclic) bond motifs is 1. The van der Waals surface area contributed by atoms with Crippen molar-refractivity contribution in [1.82, 2.24) is 15.8 Å². The van der Waals surface area contributed by atoms with Crippen LogP contribution in [-0.2, 0) is 19.3 Å². The van der Waals surface area contributed by atoms with Gasteiger partial charge >= 0.3 is 6.03 Å². The van der Waals surface area contributed by atoms with Gasteiger partial charge in [-0.3, -0.25) is 10.2 Å². The van der Waals surface area contributed by atoms with E-state index in [0.29, 0.717) is 23.9 Å². The van der Waals surface area contributed by atoms with Crippen LogP contribution in [0.25, 0.3) is 0 Å². The van der Waals surface area contributed by atoms with Gasteiger partial charge in [0.15, 0.2) is 0 Å². The van der Waals surface area contributed by atoms with Gasteiger partial charge < -0.3 is 4.90 Å². The van der Waals surface area contributed by atoms with E-state index in [1.807, 2.05) is 36.4 Å². The Morgan fingerprint density at radius 1 is 1.29 bits per heavy atom. The minimum Gasteiger partial charge on any atom is -0.319 e. The summed E-state index contributed by atoms with van der Waals surface area (Å²) in [6.07, 6.45) is 5.65. The molecule has 0 fully saturated rings. The summed E-state index contributed by atoms with van der Waals surface area (Å²) in [6.45, 7) is 6.92. The van der Waals surface area contributed by atoms with Crippen molar-refractivity contribution in [1.29, 1.82) is 0 Å². The summed E-state index contributed by atoms with van der Waals surface area (Å²) in [6, 6.07) is 11.6. The lowest BCUT2D eigenvalue weighted by molar-refractivity contribution is 0.0934. The maximum atomic E-state index is 12.5. The summed E-state index contributed by atoms with van der Waals surface area (Å²) in [7, 11) is 0. The van der Waals surface area contributed by atoms with Gasteiger partial charge in [-0.2, -0.15) is 0 Å². The topological polar surface area (TPSA) is 61.4 Å². The molecule has 5 nitrogen and oxygen atoms in total. The Morgan fingerprint density at radius 2 is 2.07 bits per heavy atom. The first kappa shape index (κ1) is 20.1. The molecular weight excluding hydrogens is 370 g/mol. The van der Waals surface area contributed by atoms with Crippen LogP contribution in [0.2, 0.25) is 0 Å². The molecule has 2 aromatic rings. The summed E-state index contributed by atoms with van der Waals surface area (Å²) < 4.78 is 0. The molecule has 28 heavy (non-hydrogen) atoms. The normalized spacial score (nSPS) is 15.4. The van der Waals surface area contributed by atoms with E-state index in [0.717, 1.165) is 24.8 Å². The average molecular weight is 398 g/mol. The molecule has 0 spiro atoms. The van der Waals surface area contributed by atoms with Crippen molar-refractivity contribution in [2.75, 3.05) is 13.1 Å². The number of amides is 3. The summed E-state index contributed by atoms with van der Waals surface area (Å²) in [5.41, 5.74) is 7.52. The maximum absolute atomic E-state index is 12.5. The fraction of sp³-hybridized carbons (Fsp3) is 0.364. The maximum Gasteiger partial charge on any atom is 0.336 e. The Morgan fingerprint density at radius 3 is 2.82 bits per heavy atom. The Hall–Kier alpha value is -2.60. The van der Waals surface area contributed by atoms with Gasteiger partial charge in [0.1, 0.15) is 0 Å². The Labute approximate surface area is 170 Å². The molecule has 0 aliphatic heterocycles. The molecular formula is C22H27N3O2S. The number of nitrogens with zero attached hydrogens (tertiary/aromatic N) is 1. The first-order valence-electron chi connectivity index (χ1n) is 9.68. The average Bonchev–Trinajstić information content (AvgIpc) is 3.13. The largest absolute Gasteiger partial charge is 0.336 e. The molecule has 1 atom stereocenters. The van der Waals surface area contributed by atoms with E-state index in [2.05, 4.69) is 24.4 Å². The molecule has 0 saturated heterocycles. The lowest BCUT2D eigenvalue weighted by Gasteiger charge is -2.21. The third-order valence-corrected chi connectivity index (χ3v) is 6.22. The molecule has 1 heterocycles. The second-order valence-corrected chi connectivity index (χ2v) is 8.40. The number of hydrogen-bond donors (Lipinski definition) is 2. The molecule has 0 bridgehead atoms. The van der Waals surface area contributed by atoms with Gasteiger partial charge in [0, 0.05) is 18.0 Å². The van der Waals surface area contributed by atoms with E-state index in [1.165, 1.54) is 28.2 Å². The predicted octanol–water partition coefficient (Wildman–Crippen LogP) is 3.96. The Kier molecular flexibility index (Phi) is 6.87. The number of carbonyl (C=O) groups excluding carboxylic acids is 2. The third kappa shape index (κ3) is 5.23. The van der Waals surface area contributed by atoms with Crippen LogP contribution >= 0.6 is 11.3 Å². The van der Waals surface area contributed by atoms with E-state index in [4.69, 9.17) is 0 Å². The number of hydrogen-bond acceptors (Lipinski definition) is 3. The first-order valence-corrected chi connectivity index (χ1v) is 10.5. The molecule has 1 aliphatic carbocycles. The first-order chi connectivity index (χ1) is 13.6. The van der Waals surface area contributed by atoms with Gasteiger partial charge in [-0.1, -0.05) is 43.3 Å². The zero-order chi connectivity index (χ0) is 19.9. The van der Waals surface area contributed by atoms with E-state index >= 15 is 0 Å². The van der Waals surface area contributed by atoms with E-state index in [1.54, 1.807) is 11.0 Å². The van der Waals surface area contributed by atoms with Crippen molar-refractivity contribution in [3.63, 3.8) is 0 Å². The summed E-state index contributed by atoms with van der Waals surface area (Å²) in [5.74, 6) is 0.400. The quantitative estimate of drug-likeness (QED) is 0.573. The lowest BCUT2D eigenvalue weighted by Crippen LogP contribution is -2.49. The van der Waals surface area contributed by atoms with Gasteiger partial charge in [-0.25, -0.2) is 10.2 Å². The van der Waals surface area contributed by atoms with Gasteiger partial charge in [0.2, 0.25) is 0 Å². The molecule has 3 rings (SSSR count). The molecule has 3 amide bonds. The molecule has 0 radical (unpaired) electrons. The molecule has 1 aromatic carbocycles. The highest BCUT2D eigenvalue weighted by Crippen LogP contribution is 2.32. The molecule has 148 valence electrons. The smallest absolute Gasteiger partial charge is 0.319 e. The molecule has 1 aromatic heterocycles. The summed E-state index contributed by atoms with van der Waals surface area (Å²) in [4.78, 5) is 28.5. The fourth-order valence-electron chi connectivity index (χ4n) is 3.41. The number of rotatable bonds is 6. The molecule has 0 saturated carbocycles. The van der Waals surface area contributed by atoms with Crippen LogP contribution in [0, 0.1) is 5.92 Å². The monoisotopic (exact) mass is 397 g/mol.